The molecule has 0 unspecified atom stereocenters. The summed E-state index contributed by atoms with van der Waals surface area (Å²) in [4.78, 5) is 71.7. The van der Waals surface area contributed by atoms with E-state index in [1.165, 1.54) is 12.5 Å². The van der Waals surface area contributed by atoms with Crippen LogP contribution in [0.25, 0.3) is 0 Å². The Labute approximate surface area is 219 Å². The van der Waals surface area contributed by atoms with Gasteiger partial charge < -0.3 is 24.7 Å². The molecule has 16 heteroatoms. The van der Waals surface area contributed by atoms with Gasteiger partial charge in [0.1, 0.15) is 35.5 Å². The number of carboxylic acid groups (broad SMARTS) is 1. The van der Waals surface area contributed by atoms with E-state index in [0.29, 0.717) is 0 Å². The van der Waals surface area contributed by atoms with Gasteiger partial charge in [0.15, 0.2) is 10.8 Å². The number of rotatable bonds is 8. The zero-order valence-corrected chi connectivity index (χ0v) is 22.2. The molecule has 0 aromatic carbocycles. The quantitative estimate of drug-likeness (QED) is 0.181. The van der Waals surface area contributed by atoms with E-state index < -0.39 is 52.6 Å². The standard InChI is InChI=1S/C21H25N5O9S2/c1-6-34-18(31)9-7-36-16-12(15(28)26(16)13(9)17(29)30)23-14(27)11(25-33-5)10-8-37-19(22-10)24-20(32)35-21(2,3)4/h8,12,16H,6-7H2,1-5H3,(H,23,27)(H,29,30)(H,22,24,32)/t12-,16+/m1/s1. The van der Waals surface area contributed by atoms with Crippen LogP contribution in [-0.4, -0.2) is 87.0 Å². The third kappa shape index (κ3) is 6.19. The molecule has 3 heterocycles. The van der Waals surface area contributed by atoms with Crippen LogP contribution in [0.3, 0.4) is 0 Å². The molecule has 37 heavy (non-hydrogen) atoms. The van der Waals surface area contributed by atoms with Crippen molar-refractivity contribution in [2.75, 3.05) is 24.8 Å². The Hall–Kier alpha value is -3.66. The van der Waals surface area contributed by atoms with E-state index in [0.717, 1.165) is 28.0 Å². The molecule has 2 aliphatic heterocycles. The monoisotopic (exact) mass is 555 g/mol. The largest absolute Gasteiger partial charge is 0.477 e. The Bertz CT molecular complexity index is 1190. The minimum Gasteiger partial charge on any atom is -0.477 e. The Kier molecular flexibility index (Phi) is 8.42. The summed E-state index contributed by atoms with van der Waals surface area (Å²) >= 11 is 2.12. The normalized spacial score (nSPS) is 19.4. The zero-order valence-electron chi connectivity index (χ0n) is 20.5. The maximum atomic E-state index is 13.0. The summed E-state index contributed by atoms with van der Waals surface area (Å²) in [6.45, 7) is 6.73. The van der Waals surface area contributed by atoms with Crippen molar-refractivity contribution >= 4 is 63.8 Å². The number of oxime groups is 1. The predicted molar refractivity (Wildman–Crippen MR) is 132 cm³/mol. The molecule has 0 spiro atoms. The highest BCUT2D eigenvalue weighted by atomic mass is 32.2. The summed E-state index contributed by atoms with van der Waals surface area (Å²) in [5.74, 6) is -3.83. The van der Waals surface area contributed by atoms with Crippen molar-refractivity contribution in [2.24, 2.45) is 5.16 Å². The second kappa shape index (κ2) is 11.2. The lowest BCUT2D eigenvalue weighted by atomic mass is 10.0. The lowest BCUT2D eigenvalue weighted by Gasteiger charge is -2.49. The SMILES string of the molecule is CCOC(=O)C1=C(C(=O)O)N2C(=O)[C@@H](NC(=O)C(=NOC)c3csc(NC(=O)OC(C)(C)C)n3)[C@@H]2SC1. The van der Waals surface area contributed by atoms with Crippen molar-refractivity contribution in [3.05, 3.63) is 22.3 Å². The van der Waals surface area contributed by atoms with E-state index in [-0.39, 0.29) is 34.5 Å². The number of nitrogens with zero attached hydrogens (tertiary/aromatic N) is 3. The number of anilines is 1. The number of aromatic nitrogens is 1. The average Bonchev–Trinajstić information content (AvgIpc) is 3.26. The van der Waals surface area contributed by atoms with Crippen LogP contribution in [0.15, 0.2) is 21.8 Å². The van der Waals surface area contributed by atoms with Gasteiger partial charge in [-0.3, -0.25) is 19.8 Å². The average molecular weight is 556 g/mol. The molecule has 0 saturated carbocycles. The molecule has 3 amide bonds. The van der Waals surface area contributed by atoms with Gasteiger partial charge in [0.05, 0.1) is 12.2 Å². The Morgan fingerprint density at radius 2 is 2.00 bits per heavy atom. The molecule has 1 aromatic heterocycles. The third-order valence-corrected chi connectivity index (χ3v) is 6.77. The molecule has 3 N–H and O–H groups in total. The molecule has 0 aliphatic carbocycles. The van der Waals surface area contributed by atoms with Crippen LogP contribution >= 0.6 is 23.1 Å². The van der Waals surface area contributed by atoms with Crippen LogP contribution in [0.4, 0.5) is 9.93 Å². The number of β-lactam (4-membered cyclic amide) rings is 1. The number of carbonyl (C=O) groups is 5. The lowest BCUT2D eigenvalue weighted by Crippen LogP contribution is -2.71. The number of fused-ring (bicyclic) bond motifs is 1. The van der Waals surface area contributed by atoms with E-state index >= 15 is 0 Å². The number of hydrogen-bond acceptors (Lipinski definition) is 12. The first kappa shape index (κ1) is 27.9. The molecule has 2 aliphatic rings. The van der Waals surface area contributed by atoms with Gasteiger partial charge in [-0.1, -0.05) is 5.16 Å². The van der Waals surface area contributed by atoms with Crippen LogP contribution in [0, 0.1) is 0 Å². The highest BCUT2D eigenvalue weighted by Crippen LogP contribution is 2.40. The minimum absolute atomic E-state index is 0.0217. The van der Waals surface area contributed by atoms with Crippen LogP contribution in [0.5, 0.6) is 0 Å². The summed E-state index contributed by atoms with van der Waals surface area (Å²) in [7, 11) is 1.22. The number of carbonyl (C=O) groups excluding carboxylic acids is 4. The van der Waals surface area contributed by atoms with Gasteiger partial charge in [-0.2, -0.15) is 0 Å². The fourth-order valence-corrected chi connectivity index (χ4v) is 5.34. The molecular formula is C21H25N5O9S2. The number of esters is 1. The van der Waals surface area contributed by atoms with Crippen LogP contribution in [0.1, 0.15) is 33.4 Å². The fraction of sp³-hybridized carbons (Fsp3) is 0.476. The minimum atomic E-state index is -1.46. The van der Waals surface area contributed by atoms with Gasteiger partial charge in [-0.05, 0) is 27.7 Å². The predicted octanol–water partition coefficient (Wildman–Crippen LogP) is 1.14. The first-order chi connectivity index (χ1) is 17.4. The molecule has 0 bridgehead atoms. The molecular weight excluding hydrogens is 530 g/mol. The van der Waals surface area contributed by atoms with E-state index in [4.69, 9.17) is 14.3 Å². The van der Waals surface area contributed by atoms with E-state index in [9.17, 15) is 29.1 Å². The summed E-state index contributed by atoms with van der Waals surface area (Å²) in [5, 5.41) is 19.1. The van der Waals surface area contributed by atoms with Crippen LogP contribution in [0.2, 0.25) is 0 Å². The van der Waals surface area contributed by atoms with Gasteiger partial charge in [0.25, 0.3) is 11.8 Å². The van der Waals surface area contributed by atoms with Crippen molar-refractivity contribution in [1.29, 1.82) is 0 Å². The number of carboxylic acids is 1. The molecule has 0 radical (unpaired) electrons. The number of nitrogens with one attached hydrogen (secondary N) is 2. The summed E-state index contributed by atoms with van der Waals surface area (Å²) in [6.07, 6.45) is -0.734. The highest BCUT2D eigenvalue weighted by Gasteiger charge is 2.55. The third-order valence-electron chi connectivity index (χ3n) is 4.73. The van der Waals surface area contributed by atoms with Gasteiger partial charge >= 0.3 is 18.0 Å². The van der Waals surface area contributed by atoms with Gasteiger partial charge in [0, 0.05) is 11.1 Å². The molecule has 1 fully saturated rings. The number of thiazole rings is 1. The smallest absolute Gasteiger partial charge is 0.413 e. The number of ether oxygens (including phenoxy) is 2. The topological polar surface area (TPSA) is 186 Å². The number of hydrogen-bond donors (Lipinski definition) is 3. The zero-order chi connectivity index (χ0) is 27.5. The number of aliphatic carboxylic acids is 1. The summed E-state index contributed by atoms with van der Waals surface area (Å²) in [6, 6.07) is -1.09. The Balaban J connectivity index is 1.74. The van der Waals surface area contributed by atoms with E-state index in [1.54, 1.807) is 27.7 Å². The number of thioether (sulfide) groups is 1. The van der Waals surface area contributed by atoms with Crippen molar-refractivity contribution in [3.8, 4) is 0 Å². The summed E-state index contributed by atoms with van der Waals surface area (Å²) in [5.41, 5.74) is -1.54. The Morgan fingerprint density at radius 3 is 2.59 bits per heavy atom. The molecule has 2 atom stereocenters. The molecule has 1 aromatic rings. The van der Waals surface area contributed by atoms with Crippen molar-refractivity contribution in [1.82, 2.24) is 15.2 Å². The highest BCUT2D eigenvalue weighted by molar-refractivity contribution is 8.00. The van der Waals surface area contributed by atoms with Crippen LogP contribution < -0.4 is 10.6 Å². The molecule has 14 nitrogen and oxygen atoms in total. The van der Waals surface area contributed by atoms with Crippen molar-refractivity contribution < 1.29 is 43.4 Å². The Morgan fingerprint density at radius 1 is 1.30 bits per heavy atom. The van der Waals surface area contributed by atoms with Crippen molar-refractivity contribution in [3.63, 3.8) is 0 Å². The van der Waals surface area contributed by atoms with E-state index in [2.05, 4.69) is 20.8 Å². The van der Waals surface area contributed by atoms with Crippen LogP contribution in [-0.2, 0) is 33.5 Å². The summed E-state index contributed by atoms with van der Waals surface area (Å²) < 4.78 is 10.1. The maximum absolute atomic E-state index is 13.0. The van der Waals surface area contributed by atoms with E-state index in [1.807, 2.05) is 0 Å². The van der Waals surface area contributed by atoms with Gasteiger partial charge in [-0.15, -0.1) is 23.1 Å². The van der Waals surface area contributed by atoms with Gasteiger partial charge in [-0.25, -0.2) is 19.4 Å². The second-order valence-corrected chi connectivity index (χ2v) is 10.5. The molecule has 3 rings (SSSR count). The first-order valence-corrected chi connectivity index (χ1v) is 12.8. The lowest BCUT2D eigenvalue weighted by molar-refractivity contribution is -0.151. The number of amides is 3. The first-order valence-electron chi connectivity index (χ1n) is 10.8. The molecule has 1 saturated heterocycles. The second-order valence-electron chi connectivity index (χ2n) is 8.50. The maximum Gasteiger partial charge on any atom is 0.413 e. The fourth-order valence-electron chi connectivity index (χ4n) is 3.33. The van der Waals surface area contributed by atoms with Crippen molar-refractivity contribution in [2.45, 2.75) is 44.7 Å². The molecule has 200 valence electrons. The van der Waals surface area contributed by atoms with Gasteiger partial charge in [0.2, 0.25) is 0 Å².